The number of amides is 1. The van der Waals surface area contributed by atoms with Gasteiger partial charge in [-0.15, -0.1) is 24.0 Å². The Kier molecular flexibility index (Phi) is 10.5. The molecule has 152 valence electrons. The Balaban J connectivity index is 0.00000364. The molecule has 1 aromatic rings. The molecule has 2 N–H and O–H groups in total. The zero-order valence-corrected chi connectivity index (χ0v) is 19.4. The van der Waals surface area contributed by atoms with Crippen LogP contribution in [0.5, 0.6) is 0 Å². The molecular formula is C20H34IN5O. The summed E-state index contributed by atoms with van der Waals surface area (Å²) in [6, 6.07) is 6.47. The largest absolute Gasteiger partial charge is 0.378 e. The van der Waals surface area contributed by atoms with E-state index in [-0.39, 0.29) is 24.0 Å². The van der Waals surface area contributed by atoms with Crippen LogP contribution in [0.4, 0.5) is 5.69 Å². The van der Waals surface area contributed by atoms with Gasteiger partial charge in [-0.3, -0.25) is 4.79 Å². The molecule has 2 rings (SSSR count). The summed E-state index contributed by atoms with van der Waals surface area (Å²) in [5, 5.41) is 6.66. The van der Waals surface area contributed by atoms with E-state index in [1.54, 1.807) is 0 Å². The average Bonchev–Trinajstić information content (AvgIpc) is 3.02. The Morgan fingerprint density at radius 1 is 1.30 bits per heavy atom. The van der Waals surface area contributed by atoms with Gasteiger partial charge >= 0.3 is 0 Å². The minimum atomic E-state index is 0. The summed E-state index contributed by atoms with van der Waals surface area (Å²) in [7, 11) is 4.10. The number of aliphatic imine (C=N–C) groups is 1. The number of aryl methyl sites for hydroxylation is 1. The van der Waals surface area contributed by atoms with Crippen LogP contribution in [0.15, 0.2) is 23.2 Å². The molecule has 0 aliphatic carbocycles. The molecule has 0 saturated carbocycles. The first-order valence-corrected chi connectivity index (χ1v) is 9.58. The Bertz CT molecular complexity index is 633. The number of rotatable bonds is 8. The monoisotopic (exact) mass is 487 g/mol. The number of nitrogens with one attached hydrogen (secondary N) is 2. The number of carbonyl (C=O) groups excluding carboxylic acids is 1. The van der Waals surface area contributed by atoms with Crippen LogP contribution in [0.3, 0.4) is 0 Å². The standard InChI is InChI=1S/C20H33N5O.HI/c1-5-21-20(22-11-7-13-25-12-6-8-19(25)26)23-15-17-9-10-18(24(3)4)14-16(17)2;/h9-10,14H,5-8,11-13,15H2,1-4H3,(H2,21,22,23);1H. The molecule has 0 spiro atoms. The number of hydrogen-bond donors (Lipinski definition) is 2. The molecule has 0 radical (unpaired) electrons. The highest BCUT2D eigenvalue weighted by atomic mass is 127. The Labute approximate surface area is 180 Å². The second kappa shape index (κ2) is 12.0. The van der Waals surface area contributed by atoms with Crippen LogP contribution in [0, 0.1) is 6.92 Å². The van der Waals surface area contributed by atoms with E-state index in [1.165, 1.54) is 16.8 Å². The highest BCUT2D eigenvalue weighted by Gasteiger charge is 2.18. The smallest absolute Gasteiger partial charge is 0.222 e. The van der Waals surface area contributed by atoms with Gasteiger partial charge < -0.3 is 20.4 Å². The summed E-state index contributed by atoms with van der Waals surface area (Å²) in [6.45, 7) is 8.23. The third kappa shape index (κ3) is 7.56. The summed E-state index contributed by atoms with van der Waals surface area (Å²) < 4.78 is 0. The van der Waals surface area contributed by atoms with E-state index in [9.17, 15) is 4.79 Å². The van der Waals surface area contributed by atoms with E-state index in [0.29, 0.717) is 18.9 Å². The summed E-state index contributed by atoms with van der Waals surface area (Å²) in [6.07, 6.45) is 2.65. The number of nitrogens with zero attached hydrogens (tertiary/aromatic N) is 3. The summed E-state index contributed by atoms with van der Waals surface area (Å²) in [5.74, 6) is 1.12. The van der Waals surface area contributed by atoms with Crippen LogP contribution in [-0.4, -0.2) is 57.0 Å². The quantitative estimate of drug-likeness (QED) is 0.256. The summed E-state index contributed by atoms with van der Waals surface area (Å²) in [5.41, 5.74) is 3.69. The molecule has 0 unspecified atom stereocenters. The first-order chi connectivity index (χ1) is 12.5. The third-order valence-corrected chi connectivity index (χ3v) is 4.66. The lowest BCUT2D eigenvalue weighted by Crippen LogP contribution is -2.39. The van der Waals surface area contributed by atoms with Crippen LogP contribution in [0.1, 0.15) is 37.3 Å². The fourth-order valence-corrected chi connectivity index (χ4v) is 3.06. The van der Waals surface area contributed by atoms with Crippen molar-refractivity contribution in [3.05, 3.63) is 29.3 Å². The van der Waals surface area contributed by atoms with Crippen molar-refractivity contribution in [2.24, 2.45) is 4.99 Å². The summed E-state index contributed by atoms with van der Waals surface area (Å²) >= 11 is 0. The maximum Gasteiger partial charge on any atom is 0.222 e. The number of anilines is 1. The second-order valence-electron chi connectivity index (χ2n) is 6.97. The molecule has 27 heavy (non-hydrogen) atoms. The van der Waals surface area contributed by atoms with Crippen molar-refractivity contribution in [1.29, 1.82) is 0 Å². The molecule has 1 saturated heterocycles. The van der Waals surface area contributed by atoms with Gasteiger partial charge in [-0.2, -0.15) is 0 Å². The Morgan fingerprint density at radius 3 is 2.67 bits per heavy atom. The molecule has 6 nitrogen and oxygen atoms in total. The Morgan fingerprint density at radius 2 is 2.07 bits per heavy atom. The van der Waals surface area contributed by atoms with Crippen molar-refractivity contribution in [2.75, 3.05) is 45.2 Å². The van der Waals surface area contributed by atoms with E-state index in [4.69, 9.17) is 4.99 Å². The highest BCUT2D eigenvalue weighted by molar-refractivity contribution is 14.0. The van der Waals surface area contributed by atoms with E-state index in [1.807, 2.05) is 4.90 Å². The molecule has 1 heterocycles. The van der Waals surface area contributed by atoms with Gasteiger partial charge in [0.1, 0.15) is 0 Å². The van der Waals surface area contributed by atoms with Crippen LogP contribution < -0.4 is 15.5 Å². The molecule has 1 aliphatic rings. The van der Waals surface area contributed by atoms with Gasteiger partial charge in [0.05, 0.1) is 6.54 Å². The number of guanidine groups is 1. The van der Waals surface area contributed by atoms with Crippen LogP contribution in [-0.2, 0) is 11.3 Å². The molecule has 1 aliphatic heterocycles. The molecule has 0 aromatic heterocycles. The van der Waals surface area contributed by atoms with Gasteiger partial charge in [0.25, 0.3) is 0 Å². The van der Waals surface area contributed by atoms with E-state index >= 15 is 0 Å². The molecular weight excluding hydrogens is 453 g/mol. The number of likely N-dealkylation sites (tertiary alicyclic amines) is 1. The molecule has 0 atom stereocenters. The fraction of sp³-hybridized carbons (Fsp3) is 0.600. The van der Waals surface area contributed by atoms with Gasteiger partial charge in [0.2, 0.25) is 5.91 Å². The SMILES string of the molecule is CCNC(=NCc1ccc(N(C)C)cc1C)NCCCN1CCCC1=O.I. The fourth-order valence-electron chi connectivity index (χ4n) is 3.06. The maximum atomic E-state index is 11.6. The van der Waals surface area contributed by atoms with E-state index in [0.717, 1.165) is 45.0 Å². The lowest BCUT2D eigenvalue weighted by Gasteiger charge is -2.17. The minimum absolute atomic E-state index is 0. The van der Waals surface area contributed by atoms with Gasteiger partial charge in [0.15, 0.2) is 5.96 Å². The minimum Gasteiger partial charge on any atom is -0.378 e. The van der Waals surface area contributed by atoms with E-state index in [2.05, 4.69) is 61.7 Å². The van der Waals surface area contributed by atoms with Crippen LogP contribution >= 0.6 is 24.0 Å². The van der Waals surface area contributed by atoms with Crippen molar-refractivity contribution in [3.8, 4) is 0 Å². The molecule has 1 amide bonds. The second-order valence-corrected chi connectivity index (χ2v) is 6.97. The van der Waals surface area contributed by atoms with Gasteiger partial charge in [-0.1, -0.05) is 6.07 Å². The number of hydrogen-bond acceptors (Lipinski definition) is 3. The topological polar surface area (TPSA) is 60.0 Å². The zero-order chi connectivity index (χ0) is 18.9. The normalized spacial score (nSPS) is 14.1. The first-order valence-electron chi connectivity index (χ1n) is 9.58. The van der Waals surface area contributed by atoms with Crippen molar-refractivity contribution in [3.63, 3.8) is 0 Å². The number of benzene rings is 1. The lowest BCUT2D eigenvalue weighted by molar-refractivity contribution is -0.127. The predicted molar refractivity (Wildman–Crippen MR) is 124 cm³/mol. The first kappa shape index (κ1) is 23.5. The predicted octanol–water partition coefficient (Wildman–Crippen LogP) is 2.75. The highest BCUT2D eigenvalue weighted by Crippen LogP contribution is 2.18. The molecule has 1 fully saturated rings. The maximum absolute atomic E-state index is 11.6. The van der Waals surface area contributed by atoms with Gasteiger partial charge in [-0.25, -0.2) is 4.99 Å². The van der Waals surface area contributed by atoms with Crippen LogP contribution in [0.2, 0.25) is 0 Å². The van der Waals surface area contributed by atoms with Crippen molar-refractivity contribution in [1.82, 2.24) is 15.5 Å². The third-order valence-electron chi connectivity index (χ3n) is 4.66. The summed E-state index contributed by atoms with van der Waals surface area (Å²) in [4.78, 5) is 20.4. The van der Waals surface area contributed by atoms with Crippen molar-refractivity contribution < 1.29 is 4.79 Å². The molecule has 7 heteroatoms. The van der Waals surface area contributed by atoms with E-state index < -0.39 is 0 Å². The average molecular weight is 487 g/mol. The van der Waals surface area contributed by atoms with Crippen LogP contribution in [0.25, 0.3) is 0 Å². The lowest BCUT2D eigenvalue weighted by atomic mass is 10.1. The molecule has 0 bridgehead atoms. The number of halogens is 1. The Hall–Kier alpha value is -1.51. The van der Waals surface area contributed by atoms with Crippen molar-refractivity contribution >= 4 is 41.5 Å². The van der Waals surface area contributed by atoms with Crippen molar-refractivity contribution in [2.45, 2.75) is 39.7 Å². The van der Waals surface area contributed by atoms with Gasteiger partial charge in [-0.05, 0) is 49.9 Å². The van der Waals surface area contributed by atoms with Gasteiger partial charge in [0, 0.05) is 52.4 Å². The molecule has 1 aromatic carbocycles. The number of carbonyl (C=O) groups is 1. The zero-order valence-electron chi connectivity index (χ0n) is 17.0.